The van der Waals surface area contributed by atoms with Gasteiger partial charge < -0.3 is 10.0 Å². The molecule has 0 aromatic rings. The number of aliphatic hydroxyl groups is 1. The van der Waals surface area contributed by atoms with Gasteiger partial charge in [0.15, 0.2) is 0 Å². The van der Waals surface area contributed by atoms with Gasteiger partial charge in [-0.3, -0.25) is 4.55 Å². The van der Waals surface area contributed by atoms with Crippen LogP contribution in [-0.2, 0) is 10.1 Å². The second-order valence-corrected chi connectivity index (χ2v) is 5.70. The lowest BCUT2D eigenvalue weighted by molar-refractivity contribution is 0.121. The van der Waals surface area contributed by atoms with Gasteiger partial charge in [0, 0.05) is 13.2 Å². The number of likely N-dealkylation sites (tertiary alicyclic amines) is 1. The van der Waals surface area contributed by atoms with E-state index < -0.39 is 10.1 Å². The van der Waals surface area contributed by atoms with E-state index in [9.17, 15) is 8.42 Å². The van der Waals surface area contributed by atoms with Crippen LogP contribution < -0.4 is 0 Å². The van der Waals surface area contributed by atoms with Crippen LogP contribution in [0.4, 0.5) is 0 Å². The lowest BCUT2D eigenvalue weighted by atomic mass is 9.99. The molecule has 2 N–H and O–H groups in total. The second-order valence-electron chi connectivity index (χ2n) is 4.13. The molecule has 0 amide bonds. The smallest absolute Gasteiger partial charge is 0.264 e. The molecule has 6 heteroatoms. The third-order valence-electron chi connectivity index (χ3n) is 2.74. The molecule has 1 rings (SSSR count). The summed E-state index contributed by atoms with van der Waals surface area (Å²) in [4.78, 5) is 2.15. The summed E-state index contributed by atoms with van der Waals surface area (Å²) in [5.74, 6) is 0.150. The Hall–Kier alpha value is -0.170. The third kappa shape index (κ3) is 5.46. The van der Waals surface area contributed by atoms with E-state index in [2.05, 4.69) is 4.90 Å². The van der Waals surface area contributed by atoms with E-state index in [4.69, 9.17) is 9.66 Å². The average Bonchev–Trinajstić information content (AvgIpc) is 2.16. The summed E-state index contributed by atoms with van der Waals surface area (Å²) < 4.78 is 29.5. The van der Waals surface area contributed by atoms with Crippen LogP contribution in [-0.4, -0.2) is 55.0 Å². The van der Waals surface area contributed by atoms with Crippen LogP contribution in [0.1, 0.15) is 19.3 Å². The van der Waals surface area contributed by atoms with Gasteiger partial charge in [-0.15, -0.1) is 0 Å². The molecule has 0 saturated carbocycles. The fourth-order valence-electron chi connectivity index (χ4n) is 1.97. The zero-order valence-electron chi connectivity index (χ0n) is 8.80. The second kappa shape index (κ2) is 5.79. The normalized spacial score (nSPS) is 24.3. The maximum absolute atomic E-state index is 10.5. The van der Waals surface area contributed by atoms with Gasteiger partial charge in [0.1, 0.15) is 0 Å². The van der Waals surface area contributed by atoms with Crippen LogP contribution in [0.2, 0.25) is 0 Å². The van der Waals surface area contributed by atoms with Crippen LogP contribution in [0.25, 0.3) is 0 Å². The van der Waals surface area contributed by atoms with Gasteiger partial charge in [-0.2, -0.15) is 8.42 Å². The molecule has 0 aromatic heterocycles. The predicted octanol–water partition coefficient (Wildman–Crippen LogP) is -0.0314. The molecule has 1 saturated heterocycles. The van der Waals surface area contributed by atoms with Gasteiger partial charge in [-0.05, 0) is 38.3 Å². The molecule has 1 heterocycles. The quantitative estimate of drug-likeness (QED) is 0.656. The molecule has 1 aliphatic heterocycles. The molecule has 15 heavy (non-hydrogen) atoms. The number of hydrogen-bond acceptors (Lipinski definition) is 4. The van der Waals surface area contributed by atoms with Gasteiger partial charge in [0.2, 0.25) is 0 Å². The maximum Gasteiger partial charge on any atom is 0.264 e. The van der Waals surface area contributed by atoms with E-state index >= 15 is 0 Å². The van der Waals surface area contributed by atoms with Crippen molar-refractivity contribution < 1.29 is 18.1 Å². The fourth-order valence-corrected chi connectivity index (χ4v) is 2.47. The summed E-state index contributed by atoms with van der Waals surface area (Å²) in [5.41, 5.74) is 0. The Balaban J connectivity index is 2.21. The van der Waals surface area contributed by atoms with Crippen molar-refractivity contribution in [2.75, 3.05) is 32.0 Å². The van der Waals surface area contributed by atoms with E-state index in [0.29, 0.717) is 18.9 Å². The third-order valence-corrected chi connectivity index (χ3v) is 3.54. The first-order valence-electron chi connectivity index (χ1n) is 5.29. The van der Waals surface area contributed by atoms with Crippen molar-refractivity contribution in [2.45, 2.75) is 19.3 Å². The minimum atomic E-state index is -3.82. The number of rotatable bonds is 5. The van der Waals surface area contributed by atoms with Gasteiger partial charge in [0.25, 0.3) is 10.1 Å². The Labute approximate surface area is 90.8 Å². The zero-order valence-corrected chi connectivity index (χ0v) is 9.62. The van der Waals surface area contributed by atoms with Crippen molar-refractivity contribution in [3.05, 3.63) is 0 Å². The molecule has 0 radical (unpaired) electrons. The Bertz CT molecular complexity index is 278. The molecule has 1 fully saturated rings. The van der Waals surface area contributed by atoms with Crippen molar-refractivity contribution >= 4 is 10.1 Å². The van der Waals surface area contributed by atoms with E-state index in [1.54, 1.807) is 0 Å². The van der Waals surface area contributed by atoms with Crippen LogP contribution in [0.3, 0.4) is 0 Å². The van der Waals surface area contributed by atoms with Gasteiger partial charge in [0.05, 0.1) is 5.75 Å². The summed E-state index contributed by atoms with van der Waals surface area (Å²) in [5, 5.41) is 9.00. The minimum absolute atomic E-state index is 0.173. The van der Waals surface area contributed by atoms with Crippen molar-refractivity contribution in [2.24, 2.45) is 5.92 Å². The van der Waals surface area contributed by atoms with E-state index in [0.717, 1.165) is 25.9 Å². The van der Waals surface area contributed by atoms with Crippen molar-refractivity contribution in [1.29, 1.82) is 0 Å². The zero-order chi connectivity index (χ0) is 11.3. The highest BCUT2D eigenvalue weighted by atomic mass is 32.2. The Kier molecular flexibility index (Phi) is 4.98. The Morgan fingerprint density at radius 2 is 2.13 bits per heavy atom. The average molecular weight is 237 g/mol. The maximum atomic E-state index is 10.5. The molecular weight excluding hydrogens is 218 g/mol. The molecule has 1 aliphatic rings. The van der Waals surface area contributed by atoms with Crippen LogP contribution >= 0.6 is 0 Å². The summed E-state index contributed by atoms with van der Waals surface area (Å²) in [6.45, 7) is 2.68. The fraction of sp³-hybridized carbons (Fsp3) is 1.00. The Morgan fingerprint density at radius 3 is 2.73 bits per heavy atom. The summed E-state index contributed by atoms with van der Waals surface area (Å²) in [6, 6.07) is 0. The first-order chi connectivity index (χ1) is 7.01. The number of aliphatic hydroxyl groups excluding tert-OH is 1. The lowest BCUT2D eigenvalue weighted by Crippen LogP contribution is -2.37. The highest BCUT2D eigenvalue weighted by molar-refractivity contribution is 7.85. The lowest BCUT2D eigenvalue weighted by Gasteiger charge is -2.31. The highest BCUT2D eigenvalue weighted by Gasteiger charge is 2.19. The molecule has 90 valence electrons. The molecule has 1 atom stereocenters. The predicted molar refractivity (Wildman–Crippen MR) is 57.3 cm³/mol. The summed E-state index contributed by atoms with van der Waals surface area (Å²) in [7, 11) is -3.82. The molecular formula is C9H19NO4S. The minimum Gasteiger partial charge on any atom is -0.396 e. The molecule has 0 aromatic carbocycles. The van der Waals surface area contributed by atoms with E-state index in [1.165, 1.54) is 0 Å². The van der Waals surface area contributed by atoms with E-state index in [1.807, 2.05) is 0 Å². The summed E-state index contributed by atoms with van der Waals surface area (Å²) in [6.07, 6.45) is 2.55. The first-order valence-corrected chi connectivity index (χ1v) is 6.90. The molecule has 0 bridgehead atoms. The molecule has 1 unspecified atom stereocenters. The van der Waals surface area contributed by atoms with Crippen LogP contribution in [0.15, 0.2) is 0 Å². The van der Waals surface area contributed by atoms with Crippen LogP contribution in [0, 0.1) is 5.92 Å². The van der Waals surface area contributed by atoms with Crippen molar-refractivity contribution in [3.8, 4) is 0 Å². The largest absolute Gasteiger partial charge is 0.396 e. The monoisotopic (exact) mass is 237 g/mol. The summed E-state index contributed by atoms with van der Waals surface area (Å²) >= 11 is 0. The van der Waals surface area contributed by atoms with Crippen molar-refractivity contribution in [3.63, 3.8) is 0 Å². The van der Waals surface area contributed by atoms with Crippen molar-refractivity contribution in [1.82, 2.24) is 4.90 Å². The van der Waals surface area contributed by atoms with Gasteiger partial charge in [-0.25, -0.2) is 0 Å². The number of hydrogen-bond donors (Lipinski definition) is 2. The highest BCUT2D eigenvalue weighted by Crippen LogP contribution is 2.15. The topological polar surface area (TPSA) is 77.8 Å². The van der Waals surface area contributed by atoms with E-state index in [-0.39, 0.29) is 12.4 Å². The van der Waals surface area contributed by atoms with Gasteiger partial charge in [-0.1, -0.05) is 0 Å². The van der Waals surface area contributed by atoms with Gasteiger partial charge >= 0.3 is 0 Å². The standard InChI is InChI=1S/C9H19NO4S/c11-8-9-3-1-4-10(7-9)5-2-6-15(12,13)14/h9,11H,1-8H2,(H,12,13,14). The number of nitrogens with zero attached hydrogens (tertiary/aromatic N) is 1. The molecule has 5 nitrogen and oxygen atoms in total. The number of piperidine rings is 1. The Morgan fingerprint density at radius 1 is 1.40 bits per heavy atom. The first kappa shape index (κ1) is 12.9. The van der Waals surface area contributed by atoms with Crippen LogP contribution in [0.5, 0.6) is 0 Å². The SMILES string of the molecule is O=S(=O)(O)CCCN1CCCC(CO)C1. The molecule has 0 spiro atoms. The molecule has 0 aliphatic carbocycles.